The van der Waals surface area contributed by atoms with E-state index >= 15 is 0 Å². The second-order valence-corrected chi connectivity index (χ2v) is 6.59. The first kappa shape index (κ1) is 9.15. The number of aliphatic hydroxyl groups is 2. The summed E-state index contributed by atoms with van der Waals surface area (Å²) in [5.41, 5.74) is -3.85. The van der Waals surface area contributed by atoms with Gasteiger partial charge in [-0.3, -0.25) is 18.9 Å². The molecule has 2 rings (SSSR count). The molecule has 1 aromatic heterocycles. The minimum absolute atomic E-state index is 0.591. The molecule has 0 amide bonds. The third-order valence-electron chi connectivity index (χ3n) is 2.13. The van der Waals surface area contributed by atoms with Gasteiger partial charge in [0.05, 0.1) is 17.5 Å². The topological polar surface area (TPSA) is 218 Å². The third kappa shape index (κ3) is 5.15. The summed E-state index contributed by atoms with van der Waals surface area (Å²) in [6.07, 6.45) is -18.7. The lowest BCUT2D eigenvalue weighted by molar-refractivity contribution is -0.0542. The fourth-order valence-corrected chi connectivity index (χ4v) is 2.67. The maximum Gasteiger partial charge on any atom is 0.481 e. The van der Waals surface area contributed by atoms with Crippen LogP contribution < -0.4 is 11.2 Å². The fraction of sp³-hybridized carbons (Fsp3) is 0.556. The first-order chi connectivity index (χ1) is 16.5. The molecule has 1 fully saturated rings. The number of nitrogens with zero attached hydrogens (tertiary/aromatic N) is 1. The minimum atomic E-state index is -6.10. The summed E-state index contributed by atoms with van der Waals surface area (Å²) >= 11 is 0. The molecule has 142 valence electrons. The maximum absolute atomic E-state index is 12.6. The van der Waals surface area contributed by atoms with Crippen LogP contribution in [0.3, 0.4) is 0 Å². The third-order valence-corrected chi connectivity index (χ3v) is 4.09. The molecule has 25 heavy (non-hydrogen) atoms. The van der Waals surface area contributed by atoms with Crippen molar-refractivity contribution in [1.82, 2.24) is 9.54 Å². The van der Waals surface area contributed by atoms with Crippen molar-refractivity contribution in [3.8, 4) is 0 Å². The first-order valence-electron chi connectivity index (χ1n) is 11.2. The zero-order valence-electron chi connectivity index (χ0n) is 23.3. The number of nitrogens with one attached hydrogen (secondary N) is 1. The molecule has 14 nitrogen and oxygen atoms in total. The number of H-pyrrole nitrogens is 1. The molecule has 1 aliphatic rings. The van der Waals surface area contributed by atoms with Gasteiger partial charge < -0.3 is 29.6 Å². The van der Waals surface area contributed by atoms with Crippen LogP contribution in [0.2, 0.25) is 1.41 Å². The van der Waals surface area contributed by atoms with Gasteiger partial charge in [-0.25, -0.2) is 13.9 Å². The summed E-state index contributed by atoms with van der Waals surface area (Å²) in [7, 11) is -12.0. The van der Waals surface area contributed by atoms with Crippen LogP contribution in [0.4, 0.5) is 0 Å². The summed E-state index contributed by atoms with van der Waals surface area (Å²) in [5.74, 6) is 0. The van der Waals surface area contributed by atoms with E-state index in [4.69, 9.17) is 26.5 Å². The highest BCUT2D eigenvalue weighted by Crippen LogP contribution is 2.57. The van der Waals surface area contributed by atoms with Crippen LogP contribution in [-0.4, -0.2) is 63.5 Å². The molecule has 0 bridgehead atoms. The molecule has 16 heteroatoms. The predicted molar refractivity (Wildman–Crippen MR) is 76.2 cm³/mol. The second kappa shape index (κ2) is 7.21. The van der Waals surface area contributed by atoms with Gasteiger partial charge in [-0.05, 0) is 0 Å². The number of aromatic nitrogens is 2. The van der Waals surface area contributed by atoms with Crippen LogP contribution in [0.5, 0.6) is 0 Å². The molecule has 1 aromatic rings. The first-order valence-corrected chi connectivity index (χ1v) is 8.53. The lowest BCUT2D eigenvalue weighted by atomic mass is 10.1. The van der Waals surface area contributed by atoms with Gasteiger partial charge in [0.25, 0.3) is 5.56 Å². The van der Waals surface area contributed by atoms with E-state index in [0.29, 0.717) is 0 Å². The van der Waals surface area contributed by atoms with Crippen molar-refractivity contribution in [2.24, 2.45) is 0 Å². The molecule has 1 aliphatic heterocycles. The highest BCUT2D eigenvalue weighted by atomic mass is 31.3. The molecule has 0 radical (unpaired) electrons. The number of hydrogen-bond acceptors (Lipinski definition) is 10. The molecule has 0 spiro atoms. The SMILES string of the molecule is [2H]OC1([2H])[C@]([2H])(n2c([2H])c([2H])c(=O)n([2H])c2=O)O[C@]([2H])(C([2H])([2H])OP(=O)(O[2H])OP(=O)(O)O)[C@@]1([2H])O[2H]. The largest absolute Gasteiger partial charge is 0.481 e. The average Bonchev–Trinajstić information content (AvgIpc) is 2.91. The van der Waals surface area contributed by atoms with Crippen LogP contribution in [0.25, 0.3) is 0 Å². The van der Waals surface area contributed by atoms with Crippen molar-refractivity contribution in [3.05, 3.63) is 33.1 Å². The van der Waals surface area contributed by atoms with E-state index in [1.807, 2.05) is 0 Å². The van der Waals surface area contributed by atoms with Gasteiger partial charge in [-0.2, -0.15) is 4.31 Å². The van der Waals surface area contributed by atoms with Crippen molar-refractivity contribution in [3.63, 3.8) is 0 Å². The Morgan fingerprint density at radius 2 is 2.20 bits per heavy atom. The van der Waals surface area contributed by atoms with Crippen molar-refractivity contribution >= 4 is 15.6 Å². The molecule has 2 unspecified atom stereocenters. The normalized spacial score (nSPS) is 48.6. The zero-order chi connectivity index (χ0) is 29.2. The Hall–Kier alpha value is -1.18. The van der Waals surface area contributed by atoms with E-state index in [-0.39, 0.29) is 0 Å². The lowest BCUT2D eigenvalue weighted by Gasteiger charge is -2.17. The summed E-state index contributed by atoms with van der Waals surface area (Å²) < 4.78 is 128. The van der Waals surface area contributed by atoms with Gasteiger partial charge in [-0.15, -0.1) is 0 Å². The van der Waals surface area contributed by atoms with Gasteiger partial charge in [-0.1, -0.05) is 0 Å². The molecule has 5 atom stereocenters. The van der Waals surface area contributed by atoms with E-state index < -0.39 is 79.7 Å². The number of aromatic amines is 1. The molecule has 0 aromatic carbocycles. The Kier molecular flexibility index (Phi) is 2.64. The molecule has 1 saturated heterocycles. The quantitative estimate of drug-likeness (QED) is 0.228. The predicted octanol–water partition coefficient (Wildman–Crippen LogP) is -2.62. The van der Waals surface area contributed by atoms with Gasteiger partial charge in [0.1, 0.15) is 18.2 Å². The van der Waals surface area contributed by atoms with E-state index in [0.717, 1.165) is 0 Å². The number of rotatable bonds is 9. The maximum atomic E-state index is 12.6. The Balaban J connectivity index is 2.93. The van der Waals surface area contributed by atoms with Crippen molar-refractivity contribution in [2.75, 3.05) is 6.56 Å². The Bertz CT molecular complexity index is 1310. The number of phosphoric ester groups is 1. The smallest absolute Gasteiger partial charge is 0.387 e. The molecule has 0 aliphatic carbocycles. The van der Waals surface area contributed by atoms with E-state index in [2.05, 4.69) is 28.7 Å². The number of phosphoric acid groups is 2. The standard InChI is InChI=1S/C9H14N2O12P2/c12-5-1-2-11(9(15)10-5)8-7(14)6(13)4(22-8)3-21-25(19,20)23-24(16,17)18/h1-2,4,6-8,13-14H,3H2,(H,19,20)(H,10,12,15)(H2,16,17,18)/t4-,6-,7?,8-/m1/s1/i1D,2D,3D2,4D,6D,7D,8D,13D,14D/hD2. The Labute approximate surface area is 155 Å². The van der Waals surface area contributed by atoms with Crippen LogP contribution in [0, 0.1) is 0 Å². The van der Waals surface area contributed by atoms with Crippen LogP contribution in [0.15, 0.2) is 21.8 Å². The molecular weight excluding hydrogens is 390 g/mol. The number of ether oxygens (including phenoxy) is 1. The van der Waals surface area contributed by atoms with Crippen molar-refractivity contribution in [2.45, 2.75) is 24.4 Å². The summed E-state index contributed by atoms with van der Waals surface area (Å²) in [6, 6.07) is -1.52. The minimum Gasteiger partial charge on any atom is -0.387 e. The van der Waals surface area contributed by atoms with Gasteiger partial charge in [0, 0.05) is 12.2 Å². The van der Waals surface area contributed by atoms with Crippen LogP contribution in [0.1, 0.15) is 17.2 Å². The molecular formula is C9H14N2O12P2. The van der Waals surface area contributed by atoms with Crippen molar-refractivity contribution < 1.29 is 60.0 Å². The van der Waals surface area contributed by atoms with Crippen LogP contribution >= 0.6 is 15.6 Å². The van der Waals surface area contributed by atoms with Crippen molar-refractivity contribution in [1.29, 1.82) is 4.29 Å². The van der Waals surface area contributed by atoms with Gasteiger partial charge >= 0.3 is 21.3 Å². The number of hydrogen-bond donors (Lipinski definition) is 6. The van der Waals surface area contributed by atoms with E-state index in [1.165, 1.54) is 0 Å². The van der Waals surface area contributed by atoms with Gasteiger partial charge in [0.15, 0.2) is 7.62 Å². The molecule has 2 heterocycles. The summed E-state index contributed by atoms with van der Waals surface area (Å²) in [5, 5.41) is 7.76. The average molecular weight is 416 g/mol. The lowest BCUT2D eigenvalue weighted by Crippen LogP contribution is -2.37. The van der Waals surface area contributed by atoms with Gasteiger partial charge in [0.2, 0.25) is 4.29 Å². The zero-order valence-corrected chi connectivity index (χ0v) is 13.1. The van der Waals surface area contributed by atoms with E-state index in [9.17, 15) is 18.7 Å². The van der Waals surface area contributed by atoms with Crippen LogP contribution in [-0.2, 0) is 22.7 Å². The second-order valence-electron chi connectivity index (χ2n) is 3.88. The monoisotopic (exact) mass is 416 g/mol. The molecule has 6 N–H and O–H groups in total. The highest BCUT2D eigenvalue weighted by molar-refractivity contribution is 7.60. The Morgan fingerprint density at radius 1 is 1.48 bits per heavy atom. The highest BCUT2D eigenvalue weighted by Gasteiger charge is 2.45. The van der Waals surface area contributed by atoms with E-state index in [1.54, 1.807) is 0 Å². The molecule has 0 saturated carbocycles. The fourth-order valence-electron chi connectivity index (χ4n) is 1.30. The summed E-state index contributed by atoms with van der Waals surface area (Å²) in [6.45, 7) is -4.49. The Morgan fingerprint density at radius 3 is 2.80 bits per heavy atom. The summed E-state index contributed by atoms with van der Waals surface area (Å²) in [4.78, 5) is 44.6.